The van der Waals surface area contributed by atoms with E-state index < -0.39 is 18.3 Å². The van der Waals surface area contributed by atoms with E-state index in [4.69, 9.17) is 4.74 Å². The third-order valence-electron chi connectivity index (χ3n) is 2.76. The van der Waals surface area contributed by atoms with Crippen LogP contribution in [0, 0.1) is 0 Å². The number of likely N-dealkylation sites (N-methyl/N-ethyl adjacent to an activating group) is 1. The van der Waals surface area contributed by atoms with Crippen LogP contribution >= 0.6 is 0 Å². The Balaban J connectivity index is 2.39. The SMILES string of the molecule is CN(CCN1CCOCC1)C(=O)C(F)(F)C(F)F. The van der Waals surface area contributed by atoms with Gasteiger partial charge in [-0.2, -0.15) is 8.78 Å². The molecule has 0 unspecified atom stereocenters. The minimum absolute atomic E-state index is 0.0128. The number of morpholine rings is 1. The average Bonchev–Trinajstić information content (AvgIpc) is 2.36. The highest BCUT2D eigenvalue weighted by molar-refractivity contribution is 5.83. The lowest BCUT2D eigenvalue weighted by molar-refractivity contribution is -0.179. The van der Waals surface area contributed by atoms with Crippen molar-refractivity contribution in [2.75, 3.05) is 46.4 Å². The van der Waals surface area contributed by atoms with Crippen LogP contribution in [0.3, 0.4) is 0 Å². The summed E-state index contributed by atoms with van der Waals surface area (Å²) in [5.41, 5.74) is 0. The largest absolute Gasteiger partial charge is 0.383 e. The Kier molecular flexibility index (Phi) is 5.33. The number of nitrogens with zero attached hydrogens (tertiary/aromatic N) is 2. The zero-order valence-corrected chi connectivity index (χ0v) is 10.0. The number of hydrogen-bond acceptors (Lipinski definition) is 3. The van der Waals surface area contributed by atoms with Gasteiger partial charge in [0.05, 0.1) is 13.2 Å². The van der Waals surface area contributed by atoms with Crippen LogP contribution in [0.15, 0.2) is 0 Å². The van der Waals surface area contributed by atoms with Gasteiger partial charge in [0.1, 0.15) is 0 Å². The maximum absolute atomic E-state index is 12.8. The van der Waals surface area contributed by atoms with Gasteiger partial charge in [-0.05, 0) is 0 Å². The van der Waals surface area contributed by atoms with Crippen LogP contribution < -0.4 is 0 Å². The van der Waals surface area contributed by atoms with Crippen molar-refractivity contribution in [2.24, 2.45) is 0 Å². The van der Waals surface area contributed by atoms with E-state index >= 15 is 0 Å². The Labute approximate surface area is 102 Å². The topological polar surface area (TPSA) is 32.8 Å². The summed E-state index contributed by atoms with van der Waals surface area (Å²) in [6, 6.07) is 0. The minimum atomic E-state index is -4.61. The molecule has 0 aromatic rings. The maximum Gasteiger partial charge on any atom is 0.383 e. The smallest absolute Gasteiger partial charge is 0.379 e. The minimum Gasteiger partial charge on any atom is -0.379 e. The van der Waals surface area contributed by atoms with Gasteiger partial charge in [0.2, 0.25) is 0 Å². The summed E-state index contributed by atoms with van der Waals surface area (Å²) in [5, 5.41) is 0. The molecular formula is C10H16F4N2O2. The lowest BCUT2D eigenvalue weighted by Crippen LogP contribution is -2.49. The molecule has 0 aromatic heterocycles. The number of halogens is 4. The fraction of sp³-hybridized carbons (Fsp3) is 0.900. The van der Waals surface area contributed by atoms with Gasteiger partial charge in [-0.3, -0.25) is 9.69 Å². The van der Waals surface area contributed by atoms with Crippen molar-refractivity contribution < 1.29 is 27.1 Å². The lowest BCUT2D eigenvalue weighted by Gasteiger charge is -2.29. The monoisotopic (exact) mass is 272 g/mol. The molecule has 1 fully saturated rings. The third-order valence-corrected chi connectivity index (χ3v) is 2.76. The molecular weight excluding hydrogens is 256 g/mol. The van der Waals surface area contributed by atoms with Crippen molar-refractivity contribution in [2.45, 2.75) is 12.3 Å². The molecule has 0 atom stereocenters. The van der Waals surface area contributed by atoms with Gasteiger partial charge >= 0.3 is 12.3 Å². The van der Waals surface area contributed by atoms with Gasteiger partial charge < -0.3 is 9.64 Å². The number of hydrogen-bond donors (Lipinski definition) is 0. The van der Waals surface area contributed by atoms with Gasteiger partial charge in [0.25, 0.3) is 5.91 Å². The molecule has 8 heteroatoms. The van der Waals surface area contributed by atoms with E-state index in [1.807, 2.05) is 4.90 Å². The standard InChI is InChI=1S/C10H16F4N2O2/c1-15(9(17)10(13,14)8(11)12)2-3-16-4-6-18-7-5-16/h8H,2-7H2,1H3. The third kappa shape index (κ3) is 3.81. The summed E-state index contributed by atoms with van der Waals surface area (Å²) in [4.78, 5) is 13.7. The Morgan fingerprint density at radius 2 is 1.94 bits per heavy atom. The second kappa shape index (κ2) is 6.33. The van der Waals surface area contributed by atoms with Crippen LogP contribution in [-0.4, -0.2) is 74.5 Å². The average molecular weight is 272 g/mol. The molecule has 0 aliphatic carbocycles. The fourth-order valence-electron chi connectivity index (χ4n) is 1.57. The van der Waals surface area contributed by atoms with Crippen molar-refractivity contribution in [3.05, 3.63) is 0 Å². The van der Waals surface area contributed by atoms with Crippen LogP contribution in [0.1, 0.15) is 0 Å². The second-order valence-electron chi connectivity index (χ2n) is 4.10. The summed E-state index contributed by atoms with van der Waals surface area (Å²) in [5.74, 6) is -6.45. The summed E-state index contributed by atoms with van der Waals surface area (Å²) < 4.78 is 54.6. The van der Waals surface area contributed by atoms with Gasteiger partial charge in [0, 0.05) is 33.2 Å². The summed E-state index contributed by atoms with van der Waals surface area (Å²) in [6.45, 7) is 2.74. The van der Waals surface area contributed by atoms with Gasteiger partial charge in [-0.25, -0.2) is 8.78 Å². The molecule has 0 saturated carbocycles. The molecule has 4 nitrogen and oxygen atoms in total. The number of amides is 1. The highest BCUT2D eigenvalue weighted by Crippen LogP contribution is 2.24. The summed E-state index contributed by atoms with van der Waals surface area (Å²) in [6.07, 6.45) is -3.98. The molecule has 0 bridgehead atoms. The van der Waals surface area contributed by atoms with Crippen molar-refractivity contribution in [1.82, 2.24) is 9.80 Å². The van der Waals surface area contributed by atoms with Crippen LogP contribution in [0.4, 0.5) is 17.6 Å². The van der Waals surface area contributed by atoms with E-state index in [1.54, 1.807) is 0 Å². The first kappa shape index (κ1) is 15.2. The molecule has 0 spiro atoms. The first-order valence-electron chi connectivity index (χ1n) is 5.57. The van der Waals surface area contributed by atoms with E-state index in [9.17, 15) is 22.4 Å². The zero-order valence-electron chi connectivity index (χ0n) is 10.0. The van der Waals surface area contributed by atoms with Crippen LogP contribution in [-0.2, 0) is 9.53 Å². The number of rotatable bonds is 5. The van der Waals surface area contributed by atoms with E-state index in [1.165, 1.54) is 0 Å². The van der Waals surface area contributed by atoms with Crippen molar-refractivity contribution in [3.63, 3.8) is 0 Å². The van der Waals surface area contributed by atoms with Gasteiger partial charge in [0.15, 0.2) is 0 Å². The normalized spacial score (nSPS) is 18.1. The molecule has 18 heavy (non-hydrogen) atoms. The number of carbonyl (C=O) groups is 1. The van der Waals surface area contributed by atoms with E-state index in [0.717, 1.165) is 7.05 Å². The van der Waals surface area contributed by atoms with Crippen molar-refractivity contribution in [1.29, 1.82) is 0 Å². The van der Waals surface area contributed by atoms with E-state index in [0.29, 0.717) is 37.7 Å². The molecule has 1 heterocycles. The predicted octanol–water partition coefficient (Wildman–Crippen LogP) is 0.677. The first-order valence-corrected chi connectivity index (χ1v) is 5.57. The van der Waals surface area contributed by atoms with Crippen molar-refractivity contribution in [3.8, 4) is 0 Å². The molecule has 106 valence electrons. The number of alkyl halides is 4. The molecule has 1 aliphatic rings. The highest BCUT2D eigenvalue weighted by Gasteiger charge is 2.50. The lowest BCUT2D eigenvalue weighted by atomic mass is 10.3. The zero-order chi connectivity index (χ0) is 13.8. The Morgan fingerprint density at radius 3 is 2.44 bits per heavy atom. The van der Waals surface area contributed by atoms with Crippen molar-refractivity contribution >= 4 is 5.91 Å². The Morgan fingerprint density at radius 1 is 1.39 bits per heavy atom. The summed E-state index contributed by atoms with van der Waals surface area (Å²) in [7, 11) is 1.10. The molecule has 1 amide bonds. The fourth-order valence-corrected chi connectivity index (χ4v) is 1.57. The van der Waals surface area contributed by atoms with E-state index in [2.05, 4.69) is 0 Å². The summed E-state index contributed by atoms with van der Waals surface area (Å²) >= 11 is 0. The predicted molar refractivity (Wildman–Crippen MR) is 55.8 cm³/mol. The molecule has 1 saturated heterocycles. The molecule has 0 aromatic carbocycles. The molecule has 0 N–H and O–H groups in total. The number of carbonyl (C=O) groups excluding carboxylic acids is 1. The molecule has 0 radical (unpaired) electrons. The van der Waals surface area contributed by atoms with E-state index in [-0.39, 0.29) is 6.54 Å². The first-order chi connectivity index (χ1) is 8.35. The van der Waals surface area contributed by atoms with Crippen LogP contribution in [0.25, 0.3) is 0 Å². The quantitative estimate of drug-likeness (QED) is 0.690. The van der Waals surface area contributed by atoms with Gasteiger partial charge in [-0.1, -0.05) is 0 Å². The highest BCUT2D eigenvalue weighted by atomic mass is 19.3. The number of ether oxygens (including phenoxy) is 1. The van der Waals surface area contributed by atoms with Crippen LogP contribution in [0.5, 0.6) is 0 Å². The van der Waals surface area contributed by atoms with Crippen LogP contribution in [0.2, 0.25) is 0 Å². The Hall–Kier alpha value is -0.890. The maximum atomic E-state index is 12.8. The molecule has 1 rings (SSSR count). The molecule has 1 aliphatic heterocycles. The Bertz CT molecular complexity index is 283. The second-order valence-corrected chi connectivity index (χ2v) is 4.10. The van der Waals surface area contributed by atoms with Gasteiger partial charge in [-0.15, -0.1) is 0 Å².